The number of rotatable bonds is 2. The Bertz CT molecular complexity index is 502. The van der Waals surface area contributed by atoms with E-state index in [2.05, 4.69) is 15.0 Å². The lowest BCUT2D eigenvalue weighted by molar-refractivity contribution is 0.880. The molecule has 0 N–H and O–H groups in total. The fraction of sp³-hybridized carbons (Fsp3) is 0.300. The van der Waals surface area contributed by atoms with Crippen molar-refractivity contribution in [2.24, 2.45) is 0 Å². The van der Waals surface area contributed by atoms with Gasteiger partial charge in [0.15, 0.2) is 9.50 Å². The molecule has 2 heterocycles. The van der Waals surface area contributed by atoms with Gasteiger partial charge in [-0.25, -0.2) is 15.0 Å². The van der Waals surface area contributed by atoms with Crippen LogP contribution in [0.2, 0.25) is 5.15 Å². The number of halogens is 1. The lowest BCUT2D eigenvalue weighted by Gasteiger charge is -2.04. The Morgan fingerprint density at radius 2 is 1.75 bits per heavy atom. The zero-order valence-corrected chi connectivity index (χ0v) is 11.5. The Balaban J connectivity index is 2.28. The fourth-order valence-electron chi connectivity index (χ4n) is 1.15. The van der Waals surface area contributed by atoms with Crippen molar-refractivity contribution in [1.29, 1.82) is 0 Å². The largest absolute Gasteiger partial charge is 0.227 e. The number of aryl methyl sites for hydroxylation is 2. The van der Waals surface area contributed by atoms with Crippen LogP contribution < -0.4 is 0 Å². The van der Waals surface area contributed by atoms with Crippen LogP contribution in [0.1, 0.15) is 17.0 Å². The van der Waals surface area contributed by atoms with Gasteiger partial charge >= 0.3 is 0 Å². The SMILES string of the molecule is Cc1nc(Sc2nc(Cl)cs2)nc(C)c1C. The van der Waals surface area contributed by atoms with Crippen LogP contribution in [0.25, 0.3) is 0 Å². The van der Waals surface area contributed by atoms with Crippen molar-refractivity contribution in [2.75, 3.05) is 0 Å². The normalized spacial score (nSPS) is 10.8. The lowest BCUT2D eigenvalue weighted by Crippen LogP contribution is -1.97. The zero-order valence-electron chi connectivity index (χ0n) is 9.11. The van der Waals surface area contributed by atoms with Crippen LogP contribution >= 0.6 is 34.7 Å². The van der Waals surface area contributed by atoms with Crippen molar-refractivity contribution < 1.29 is 0 Å². The molecule has 2 aromatic rings. The summed E-state index contributed by atoms with van der Waals surface area (Å²) in [7, 11) is 0. The van der Waals surface area contributed by atoms with Gasteiger partial charge in [0.2, 0.25) is 0 Å². The lowest BCUT2D eigenvalue weighted by atomic mass is 10.2. The van der Waals surface area contributed by atoms with E-state index in [-0.39, 0.29) is 0 Å². The van der Waals surface area contributed by atoms with Crippen LogP contribution in [-0.2, 0) is 0 Å². The van der Waals surface area contributed by atoms with Crippen molar-refractivity contribution in [1.82, 2.24) is 15.0 Å². The molecular formula is C10H10ClN3S2. The summed E-state index contributed by atoms with van der Waals surface area (Å²) < 4.78 is 0.868. The van der Waals surface area contributed by atoms with E-state index in [4.69, 9.17) is 11.6 Å². The maximum Gasteiger partial charge on any atom is 0.195 e. The molecule has 2 aromatic heterocycles. The molecule has 3 nitrogen and oxygen atoms in total. The van der Waals surface area contributed by atoms with Gasteiger partial charge in [-0.3, -0.25) is 0 Å². The number of nitrogens with zero attached hydrogens (tertiary/aromatic N) is 3. The molecule has 0 saturated heterocycles. The average molecular weight is 272 g/mol. The molecule has 0 aromatic carbocycles. The smallest absolute Gasteiger partial charge is 0.195 e. The number of thiazole rings is 1. The topological polar surface area (TPSA) is 38.7 Å². The molecule has 0 aliphatic carbocycles. The zero-order chi connectivity index (χ0) is 11.7. The van der Waals surface area contributed by atoms with Gasteiger partial charge in [0.05, 0.1) is 0 Å². The van der Waals surface area contributed by atoms with Crippen LogP contribution in [-0.4, -0.2) is 15.0 Å². The second kappa shape index (κ2) is 4.69. The molecule has 16 heavy (non-hydrogen) atoms. The number of aromatic nitrogens is 3. The van der Waals surface area contributed by atoms with E-state index in [1.807, 2.05) is 20.8 Å². The van der Waals surface area contributed by atoms with Gasteiger partial charge in [0.25, 0.3) is 0 Å². The van der Waals surface area contributed by atoms with Gasteiger partial charge in [-0.05, 0) is 38.1 Å². The summed E-state index contributed by atoms with van der Waals surface area (Å²) >= 11 is 8.71. The molecule has 0 saturated carbocycles. The molecule has 0 aliphatic heterocycles. The molecule has 0 fully saturated rings. The molecule has 0 aliphatic rings. The monoisotopic (exact) mass is 271 g/mol. The predicted molar refractivity (Wildman–Crippen MR) is 67.5 cm³/mol. The summed E-state index contributed by atoms with van der Waals surface area (Å²) in [5, 5.41) is 3.05. The Morgan fingerprint density at radius 1 is 1.12 bits per heavy atom. The molecule has 2 rings (SSSR count). The van der Waals surface area contributed by atoms with Crippen LogP contribution in [0.3, 0.4) is 0 Å². The maximum atomic E-state index is 5.76. The first-order valence-corrected chi connectivity index (χ1v) is 6.74. The third-order valence-corrected chi connectivity index (χ3v) is 4.37. The second-order valence-corrected chi connectivity index (χ2v) is 5.80. The highest BCUT2D eigenvalue weighted by molar-refractivity contribution is 8.00. The highest BCUT2D eigenvalue weighted by Gasteiger charge is 2.08. The van der Waals surface area contributed by atoms with Crippen LogP contribution in [0, 0.1) is 20.8 Å². The second-order valence-electron chi connectivity index (χ2n) is 3.34. The highest BCUT2D eigenvalue weighted by atomic mass is 35.5. The molecule has 0 amide bonds. The van der Waals surface area contributed by atoms with Gasteiger partial charge in [0.1, 0.15) is 5.15 Å². The summed E-state index contributed by atoms with van der Waals surface area (Å²) in [5.74, 6) is 0. The molecule has 84 valence electrons. The quantitative estimate of drug-likeness (QED) is 0.782. The van der Waals surface area contributed by atoms with Gasteiger partial charge in [0, 0.05) is 16.8 Å². The fourth-order valence-corrected chi connectivity index (χ4v) is 3.10. The molecule has 6 heteroatoms. The average Bonchev–Trinajstić information content (AvgIpc) is 2.60. The van der Waals surface area contributed by atoms with Crippen molar-refractivity contribution >= 4 is 34.7 Å². The molecule has 0 atom stereocenters. The van der Waals surface area contributed by atoms with Crippen molar-refractivity contribution in [3.8, 4) is 0 Å². The van der Waals surface area contributed by atoms with Gasteiger partial charge < -0.3 is 0 Å². The van der Waals surface area contributed by atoms with E-state index in [1.165, 1.54) is 23.1 Å². The molecule has 0 unspecified atom stereocenters. The Kier molecular flexibility index (Phi) is 3.47. The Labute approximate surface area is 107 Å². The predicted octanol–water partition coefficient (Wildman–Crippen LogP) is 3.66. The first-order valence-electron chi connectivity index (χ1n) is 4.67. The van der Waals surface area contributed by atoms with Crippen molar-refractivity contribution in [2.45, 2.75) is 30.3 Å². The van der Waals surface area contributed by atoms with Gasteiger partial charge in [-0.15, -0.1) is 11.3 Å². The highest BCUT2D eigenvalue weighted by Crippen LogP contribution is 2.29. The third kappa shape index (κ3) is 2.53. The summed E-state index contributed by atoms with van der Waals surface area (Å²) in [4.78, 5) is 13.0. The van der Waals surface area contributed by atoms with E-state index < -0.39 is 0 Å². The van der Waals surface area contributed by atoms with E-state index in [0.717, 1.165) is 26.4 Å². The molecule has 0 radical (unpaired) electrons. The van der Waals surface area contributed by atoms with Gasteiger partial charge in [-0.1, -0.05) is 11.6 Å². The minimum atomic E-state index is 0.521. The van der Waals surface area contributed by atoms with Crippen LogP contribution in [0.5, 0.6) is 0 Å². The number of hydrogen-bond acceptors (Lipinski definition) is 5. The van der Waals surface area contributed by atoms with Crippen LogP contribution in [0.4, 0.5) is 0 Å². The van der Waals surface area contributed by atoms with E-state index >= 15 is 0 Å². The molecule has 0 spiro atoms. The van der Waals surface area contributed by atoms with Crippen molar-refractivity contribution in [3.05, 3.63) is 27.5 Å². The van der Waals surface area contributed by atoms with Crippen molar-refractivity contribution in [3.63, 3.8) is 0 Å². The van der Waals surface area contributed by atoms with Crippen LogP contribution in [0.15, 0.2) is 14.9 Å². The standard InChI is InChI=1S/C10H10ClN3S2/c1-5-6(2)12-9(13-7(5)3)16-10-14-8(11)4-15-10/h4H,1-3H3. The van der Waals surface area contributed by atoms with Gasteiger partial charge in [-0.2, -0.15) is 0 Å². The first kappa shape index (κ1) is 11.8. The summed E-state index contributed by atoms with van der Waals surface area (Å²) in [6.07, 6.45) is 0. The minimum absolute atomic E-state index is 0.521. The molecular weight excluding hydrogens is 262 g/mol. The first-order chi connectivity index (χ1) is 7.56. The minimum Gasteiger partial charge on any atom is -0.227 e. The summed E-state index contributed by atoms with van der Waals surface area (Å²) in [5.41, 5.74) is 3.16. The Morgan fingerprint density at radius 3 is 2.25 bits per heavy atom. The van der Waals surface area contributed by atoms with E-state index in [0.29, 0.717) is 5.15 Å². The maximum absolute atomic E-state index is 5.76. The van der Waals surface area contributed by atoms with E-state index in [9.17, 15) is 0 Å². The van der Waals surface area contributed by atoms with E-state index in [1.54, 1.807) is 5.38 Å². The molecule has 0 bridgehead atoms. The summed E-state index contributed by atoms with van der Waals surface area (Å²) in [6, 6.07) is 0. The number of hydrogen-bond donors (Lipinski definition) is 0. The third-order valence-electron chi connectivity index (χ3n) is 2.25. The Hall–Kier alpha value is -0.650. The summed E-state index contributed by atoms with van der Waals surface area (Å²) in [6.45, 7) is 6.01.